The Bertz CT molecular complexity index is 1040. The van der Waals surface area contributed by atoms with Gasteiger partial charge in [0.1, 0.15) is 19.8 Å². The van der Waals surface area contributed by atoms with E-state index in [2.05, 4.69) is 50.3 Å². The number of ether oxygens (including phenoxy) is 2. The number of rotatable bonds is 40. The van der Waals surface area contributed by atoms with E-state index in [1.807, 2.05) is 21.1 Å². The molecule has 0 aromatic heterocycles. The zero-order valence-corrected chi connectivity index (χ0v) is 37.1. The highest BCUT2D eigenvalue weighted by Gasteiger charge is 2.27. The van der Waals surface area contributed by atoms with Gasteiger partial charge in [-0.1, -0.05) is 159 Å². The second kappa shape index (κ2) is 37.8. The number of phosphoric ester groups is 1. The van der Waals surface area contributed by atoms with Gasteiger partial charge in [-0.3, -0.25) is 18.6 Å². The molecular weight excluding hydrogens is 713 g/mol. The molecule has 0 radical (unpaired) electrons. The van der Waals surface area contributed by atoms with Gasteiger partial charge in [0, 0.05) is 12.8 Å². The molecule has 1 N–H and O–H groups in total. The second-order valence-electron chi connectivity index (χ2n) is 16.1. The van der Waals surface area contributed by atoms with Gasteiger partial charge in [0.15, 0.2) is 6.10 Å². The lowest BCUT2D eigenvalue weighted by Gasteiger charge is -2.24. The van der Waals surface area contributed by atoms with Crippen molar-refractivity contribution in [3.63, 3.8) is 0 Å². The van der Waals surface area contributed by atoms with Crippen LogP contribution in [0, 0.1) is 0 Å². The summed E-state index contributed by atoms with van der Waals surface area (Å²) in [6, 6.07) is 0. The molecule has 9 nitrogen and oxygen atoms in total. The summed E-state index contributed by atoms with van der Waals surface area (Å²) < 4.78 is 34.3. The summed E-state index contributed by atoms with van der Waals surface area (Å²) in [5.74, 6) is -0.839. The Morgan fingerprint density at radius 2 is 0.982 bits per heavy atom. The SMILES string of the molecule is CCCCC/C=C\C/C=C\C/C=C\CCCCC(=O)O[C@H](COC(=O)CCCCCCCCCCCCCCCCCC)COP(=O)(O)OCC[N+](C)(C)C. The maximum Gasteiger partial charge on any atom is 0.472 e. The van der Waals surface area contributed by atoms with Gasteiger partial charge in [-0.2, -0.15) is 0 Å². The highest BCUT2D eigenvalue weighted by molar-refractivity contribution is 7.47. The lowest BCUT2D eigenvalue weighted by molar-refractivity contribution is -0.870. The van der Waals surface area contributed by atoms with Crippen LogP contribution in [0.2, 0.25) is 0 Å². The molecule has 0 amide bonds. The van der Waals surface area contributed by atoms with Crippen LogP contribution in [0.3, 0.4) is 0 Å². The second-order valence-corrected chi connectivity index (χ2v) is 17.5. The molecule has 0 spiro atoms. The van der Waals surface area contributed by atoms with E-state index in [0.29, 0.717) is 17.4 Å². The maximum atomic E-state index is 12.7. The van der Waals surface area contributed by atoms with Crippen LogP contribution in [0.15, 0.2) is 36.5 Å². The zero-order valence-electron chi connectivity index (χ0n) is 36.2. The van der Waals surface area contributed by atoms with Crippen LogP contribution >= 0.6 is 7.82 Å². The molecular formula is C45H85NO8P+. The van der Waals surface area contributed by atoms with E-state index in [0.717, 1.165) is 51.4 Å². The Morgan fingerprint density at radius 3 is 1.49 bits per heavy atom. The summed E-state index contributed by atoms with van der Waals surface area (Å²) >= 11 is 0. The highest BCUT2D eigenvalue weighted by atomic mass is 31.2. The standard InChI is InChI=1S/C45H84NO8P/c1-6-8-10-12-14-16-18-20-22-24-25-27-29-31-33-35-37-44(47)51-41-43(42-53-55(49,50)52-40-39-46(3,4)5)54-45(48)38-36-34-32-30-28-26-23-21-19-17-15-13-11-9-7-2/h15,17,21,23,28,30,43H,6-14,16,18-20,22,24-27,29,31-42H2,1-5H3/p+1/b17-15-,23-21-,30-28-/t43-/m1/s1. The largest absolute Gasteiger partial charge is 0.472 e. The smallest absolute Gasteiger partial charge is 0.462 e. The molecule has 0 aliphatic heterocycles. The van der Waals surface area contributed by atoms with Crippen molar-refractivity contribution in [2.24, 2.45) is 0 Å². The molecule has 1 unspecified atom stereocenters. The molecule has 0 saturated carbocycles. The summed E-state index contributed by atoms with van der Waals surface area (Å²) in [7, 11) is 1.45. The van der Waals surface area contributed by atoms with Crippen molar-refractivity contribution in [2.45, 2.75) is 193 Å². The number of carbonyl (C=O) groups excluding carboxylic acids is 2. The number of hydrogen-bond acceptors (Lipinski definition) is 7. The zero-order chi connectivity index (χ0) is 40.7. The van der Waals surface area contributed by atoms with Crippen LogP contribution in [-0.2, 0) is 32.7 Å². The first kappa shape index (κ1) is 53.2. The van der Waals surface area contributed by atoms with Crippen LogP contribution in [0.1, 0.15) is 187 Å². The van der Waals surface area contributed by atoms with Crippen molar-refractivity contribution in [3.8, 4) is 0 Å². The molecule has 322 valence electrons. The molecule has 55 heavy (non-hydrogen) atoms. The van der Waals surface area contributed by atoms with Gasteiger partial charge in [-0.05, 0) is 51.4 Å². The summed E-state index contributed by atoms with van der Waals surface area (Å²) in [6.07, 6.45) is 41.9. The molecule has 0 rings (SSSR count). The number of likely N-dealkylation sites (N-methyl/N-ethyl adjacent to an activating group) is 1. The van der Waals surface area contributed by atoms with E-state index >= 15 is 0 Å². The fourth-order valence-electron chi connectivity index (χ4n) is 5.90. The van der Waals surface area contributed by atoms with E-state index in [4.69, 9.17) is 18.5 Å². The fraction of sp³-hybridized carbons (Fsp3) is 0.822. The van der Waals surface area contributed by atoms with Crippen molar-refractivity contribution >= 4 is 19.8 Å². The number of esters is 2. The van der Waals surface area contributed by atoms with E-state index < -0.39 is 26.5 Å². The number of allylic oxidation sites excluding steroid dienone is 6. The number of unbranched alkanes of at least 4 members (excludes halogenated alkanes) is 20. The predicted molar refractivity (Wildman–Crippen MR) is 229 cm³/mol. The minimum atomic E-state index is -4.38. The lowest BCUT2D eigenvalue weighted by atomic mass is 10.0. The Kier molecular flexibility index (Phi) is 36.6. The molecule has 0 aliphatic rings. The van der Waals surface area contributed by atoms with Gasteiger partial charge < -0.3 is 18.9 Å². The van der Waals surface area contributed by atoms with Crippen molar-refractivity contribution in [1.29, 1.82) is 0 Å². The number of nitrogens with zero attached hydrogens (tertiary/aromatic N) is 1. The van der Waals surface area contributed by atoms with Gasteiger partial charge in [0.25, 0.3) is 0 Å². The molecule has 2 atom stereocenters. The van der Waals surface area contributed by atoms with Crippen LogP contribution in [0.5, 0.6) is 0 Å². The van der Waals surface area contributed by atoms with E-state index in [9.17, 15) is 19.0 Å². The van der Waals surface area contributed by atoms with E-state index in [1.54, 1.807) is 0 Å². The molecule has 0 aliphatic carbocycles. The fourth-order valence-corrected chi connectivity index (χ4v) is 6.64. The van der Waals surface area contributed by atoms with E-state index in [-0.39, 0.29) is 32.0 Å². The number of carbonyl (C=O) groups is 2. The summed E-state index contributed by atoms with van der Waals surface area (Å²) in [4.78, 5) is 35.3. The lowest BCUT2D eigenvalue weighted by Crippen LogP contribution is -2.37. The van der Waals surface area contributed by atoms with Crippen LogP contribution < -0.4 is 0 Å². The molecule has 0 aromatic rings. The van der Waals surface area contributed by atoms with Gasteiger partial charge in [-0.25, -0.2) is 4.57 Å². The van der Waals surface area contributed by atoms with Crippen molar-refractivity contribution in [3.05, 3.63) is 36.5 Å². The minimum Gasteiger partial charge on any atom is -0.462 e. The van der Waals surface area contributed by atoms with Gasteiger partial charge in [-0.15, -0.1) is 0 Å². The summed E-state index contributed by atoms with van der Waals surface area (Å²) in [6.45, 7) is 4.36. The van der Waals surface area contributed by atoms with Crippen LogP contribution in [-0.4, -0.2) is 74.9 Å². The third-order valence-corrected chi connectivity index (χ3v) is 10.4. The Morgan fingerprint density at radius 1 is 0.564 bits per heavy atom. The maximum absolute atomic E-state index is 12.7. The van der Waals surface area contributed by atoms with Crippen molar-refractivity contribution in [1.82, 2.24) is 0 Å². The molecule has 0 fully saturated rings. The molecule has 0 aromatic carbocycles. The monoisotopic (exact) mass is 799 g/mol. The third kappa shape index (κ3) is 41.7. The van der Waals surface area contributed by atoms with Gasteiger partial charge in [0.05, 0.1) is 27.7 Å². The highest BCUT2D eigenvalue weighted by Crippen LogP contribution is 2.43. The molecule has 0 bridgehead atoms. The van der Waals surface area contributed by atoms with Crippen LogP contribution in [0.4, 0.5) is 0 Å². The van der Waals surface area contributed by atoms with Crippen molar-refractivity contribution < 1.29 is 42.1 Å². The summed E-state index contributed by atoms with van der Waals surface area (Å²) in [5, 5.41) is 0. The minimum absolute atomic E-state index is 0.0251. The first-order valence-electron chi connectivity index (χ1n) is 22.2. The van der Waals surface area contributed by atoms with Gasteiger partial charge >= 0.3 is 19.8 Å². The van der Waals surface area contributed by atoms with E-state index in [1.165, 1.54) is 103 Å². The van der Waals surface area contributed by atoms with Gasteiger partial charge in [0.2, 0.25) is 0 Å². The molecule has 10 heteroatoms. The Hall–Kier alpha value is -1.77. The third-order valence-electron chi connectivity index (χ3n) is 9.42. The molecule has 0 heterocycles. The number of hydrogen-bond donors (Lipinski definition) is 1. The average Bonchev–Trinajstić information content (AvgIpc) is 3.13. The first-order valence-corrected chi connectivity index (χ1v) is 23.7. The van der Waals surface area contributed by atoms with Crippen LogP contribution in [0.25, 0.3) is 0 Å². The quantitative estimate of drug-likeness (QED) is 0.0215. The first-order chi connectivity index (χ1) is 26.5. The number of phosphoric acid groups is 1. The number of quaternary nitrogens is 1. The summed E-state index contributed by atoms with van der Waals surface area (Å²) in [5.41, 5.74) is 0. The normalized spacial score (nSPS) is 13.9. The Balaban J connectivity index is 4.40. The molecule has 0 saturated heterocycles. The Labute approximate surface area is 338 Å². The topological polar surface area (TPSA) is 108 Å². The average molecular weight is 799 g/mol. The van der Waals surface area contributed by atoms with Crippen molar-refractivity contribution in [2.75, 3.05) is 47.5 Å². The predicted octanol–water partition coefficient (Wildman–Crippen LogP) is 12.5.